The number of nitrogen functional groups attached to an aromatic ring is 1. The van der Waals surface area contributed by atoms with Gasteiger partial charge in [-0.05, 0) is 43.3 Å². The predicted octanol–water partition coefficient (Wildman–Crippen LogP) is 2.39. The molecule has 0 spiro atoms. The van der Waals surface area contributed by atoms with Crippen LogP contribution in [0.2, 0.25) is 0 Å². The maximum atomic E-state index is 11.2. The number of carbonyl (C=O) groups excluding carboxylic acids is 1. The molecule has 0 aromatic heterocycles. The van der Waals surface area contributed by atoms with Gasteiger partial charge in [-0.3, -0.25) is 10.2 Å². The number of hydrogen-bond acceptors (Lipinski definition) is 3. The van der Waals surface area contributed by atoms with Crippen LogP contribution in [0.5, 0.6) is 11.5 Å². The van der Waals surface area contributed by atoms with Gasteiger partial charge >= 0.3 is 0 Å². The van der Waals surface area contributed by atoms with Gasteiger partial charge in [0.2, 0.25) is 0 Å². The summed E-state index contributed by atoms with van der Waals surface area (Å²) in [5, 5.41) is 0. The zero-order chi connectivity index (χ0) is 13.0. The van der Waals surface area contributed by atoms with E-state index in [0.717, 1.165) is 5.75 Å². The number of ether oxygens (including phenoxy) is 1. The van der Waals surface area contributed by atoms with Gasteiger partial charge in [-0.15, -0.1) is 0 Å². The quantitative estimate of drug-likeness (QED) is 0.493. The number of hydrazine groups is 1. The molecule has 4 nitrogen and oxygen atoms in total. The van der Waals surface area contributed by atoms with Crippen LogP contribution in [0.15, 0.2) is 48.5 Å². The summed E-state index contributed by atoms with van der Waals surface area (Å²) in [6.45, 7) is 2.02. The normalized spacial score (nSPS) is 9.89. The Labute approximate surface area is 105 Å². The summed E-state index contributed by atoms with van der Waals surface area (Å²) >= 11 is 0. The summed E-state index contributed by atoms with van der Waals surface area (Å²) in [4.78, 5) is 11.2. The molecule has 18 heavy (non-hydrogen) atoms. The highest BCUT2D eigenvalue weighted by Gasteiger charge is 2.03. The Bertz CT molecular complexity index is 533. The van der Waals surface area contributed by atoms with Crippen molar-refractivity contribution in [2.75, 3.05) is 0 Å². The van der Waals surface area contributed by atoms with Crippen LogP contribution in [0, 0.1) is 6.92 Å². The molecule has 1 amide bonds. The minimum Gasteiger partial charge on any atom is -0.457 e. The molecule has 0 aliphatic heterocycles. The van der Waals surface area contributed by atoms with Gasteiger partial charge in [0.15, 0.2) is 0 Å². The van der Waals surface area contributed by atoms with Crippen LogP contribution >= 0.6 is 0 Å². The summed E-state index contributed by atoms with van der Waals surface area (Å²) in [6.07, 6.45) is 0. The lowest BCUT2D eigenvalue weighted by Gasteiger charge is -2.06. The number of rotatable bonds is 3. The van der Waals surface area contributed by atoms with E-state index in [2.05, 4.69) is 5.43 Å². The molecule has 2 rings (SSSR count). The second-order valence-corrected chi connectivity index (χ2v) is 3.91. The first kappa shape index (κ1) is 12.1. The first-order valence-corrected chi connectivity index (χ1v) is 5.54. The average molecular weight is 242 g/mol. The van der Waals surface area contributed by atoms with Crippen LogP contribution in [0.4, 0.5) is 0 Å². The Balaban J connectivity index is 2.10. The van der Waals surface area contributed by atoms with Crippen molar-refractivity contribution in [3.05, 3.63) is 59.7 Å². The highest BCUT2D eigenvalue weighted by Crippen LogP contribution is 2.21. The first-order valence-electron chi connectivity index (χ1n) is 5.54. The fourth-order valence-electron chi connectivity index (χ4n) is 1.50. The second kappa shape index (κ2) is 5.33. The monoisotopic (exact) mass is 242 g/mol. The minimum atomic E-state index is -0.322. The molecular weight excluding hydrogens is 228 g/mol. The molecule has 92 valence electrons. The van der Waals surface area contributed by atoms with E-state index in [9.17, 15) is 4.79 Å². The van der Waals surface area contributed by atoms with E-state index in [1.807, 2.05) is 31.2 Å². The predicted molar refractivity (Wildman–Crippen MR) is 69.3 cm³/mol. The van der Waals surface area contributed by atoms with Crippen molar-refractivity contribution < 1.29 is 9.53 Å². The van der Waals surface area contributed by atoms with Gasteiger partial charge in [0, 0.05) is 5.56 Å². The molecule has 0 atom stereocenters. The highest BCUT2D eigenvalue weighted by molar-refractivity contribution is 5.93. The molecular formula is C14H14N2O2. The lowest BCUT2D eigenvalue weighted by molar-refractivity contribution is 0.0953. The number of nitrogens with one attached hydrogen (secondary N) is 1. The molecule has 0 radical (unpaired) electrons. The first-order chi connectivity index (χ1) is 8.69. The maximum absolute atomic E-state index is 11.2. The van der Waals surface area contributed by atoms with Crippen LogP contribution in [-0.2, 0) is 0 Å². The third-order valence-corrected chi connectivity index (χ3v) is 2.50. The fraction of sp³-hybridized carbons (Fsp3) is 0.0714. The molecule has 2 aromatic rings. The van der Waals surface area contributed by atoms with Gasteiger partial charge in [0.1, 0.15) is 11.5 Å². The molecule has 4 heteroatoms. The smallest absolute Gasteiger partial charge is 0.265 e. The van der Waals surface area contributed by atoms with E-state index >= 15 is 0 Å². The minimum absolute atomic E-state index is 0.322. The Morgan fingerprint density at radius 1 is 1.00 bits per heavy atom. The van der Waals surface area contributed by atoms with Crippen molar-refractivity contribution in [3.63, 3.8) is 0 Å². The highest BCUT2D eigenvalue weighted by atomic mass is 16.5. The second-order valence-electron chi connectivity index (χ2n) is 3.91. The van der Waals surface area contributed by atoms with Crippen LogP contribution in [-0.4, -0.2) is 5.91 Å². The SMILES string of the molecule is Cc1ccc(Oc2ccc(C(=O)NN)cc2)cc1. The Morgan fingerprint density at radius 3 is 2.00 bits per heavy atom. The molecule has 0 bridgehead atoms. The number of aryl methyl sites for hydroxylation is 1. The number of amides is 1. The molecule has 0 fully saturated rings. The molecule has 0 saturated heterocycles. The van der Waals surface area contributed by atoms with Crippen LogP contribution < -0.4 is 16.0 Å². The third kappa shape index (κ3) is 2.87. The van der Waals surface area contributed by atoms with Crippen LogP contribution in [0.1, 0.15) is 15.9 Å². The number of hydrogen-bond donors (Lipinski definition) is 2. The van der Waals surface area contributed by atoms with Crippen molar-refractivity contribution in [2.45, 2.75) is 6.92 Å². The van der Waals surface area contributed by atoms with Crippen LogP contribution in [0.25, 0.3) is 0 Å². The van der Waals surface area contributed by atoms with Crippen LogP contribution in [0.3, 0.4) is 0 Å². The summed E-state index contributed by atoms with van der Waals surface area (Å²) < 4.78 is 5.64. The van der Waals surface area contributed by atoms with Crippen molar-refractivity contribution in [3.8, 4) is 11.5 Å². The zero-order valence-electron chi connectivity index (χ0n) is 10.0. The molecule has 0 heterocycles. The summed E-state index contributed by atoms with van der Waals surface area (Å²) in [6, 6.07) is 14.5. The van der Waals surface area contributed by atoms with Crippen molar-refractivity contribution in [1.82, 2.24) is 5.43 Å². The Morgan fingerprint density at radius 2 is 1.50 bits per heavy atom. The largest absolute Gasteiger partial charge is 0.457 e. The Kier molecular flexibility index (Phi) is 3.60. The number of nitrogens with two attached hydrogens (primary N) is 1. The van der Waals surface area contributed by atoms with E-state index in [1.54, 1.807) is 24.3 Å². The molecule has 2 aromatic carbocycles. The third-order valence-electron chi connectivity index (χ3n) is 2.50. The average Bonchev–Trinajstić information content (AvgIpc) is 2.41. The van der Waals surface area contributed by atoms with E-state index in [-0.39, 0.29) is 5.91 Å². The standard InChI is InChI=1S/C14H14N2O2/c1-10-2-6-12(7-3-10)18-13-8-4-11(5-9-13)14(17)16-15/h2-9H,15H2,1H3,(H,16,17). The summed E-state index contributed by atoms with van der Waals surface area (Å²) in [5.41, 5.74) is 3.75. The van der Waals surface area contributed by atoms with E-state index in [1.165, 1.54) is 5.56 Å². The summed E-state index contributed by atoms with van der Waals surface area (Å²) in [7, 11) is 0. The molecule has 3 N–H and O–H groups in total. The van der Waals surface area contributed by atoms with Gasteiger partial charge in [0.25, 0.3) is 5.91 Å². The zero-order valence-corrected chi connectivity index (χ0v) is 10.0. The van der Waals surface area contributed by atoms with Crippen molar-refractivity contribution in [1.29, 1.82) is 0 Å². The van der Waals surface area contributed by atoms with Gasteiger partial charge in [0.05, 0.1) is 0 Å². The maximum Gasteiger partial charge on any atom is 0.265 e. The molecule has 0 unspecified atom stereocenters. The lowest BCUT2D eigenvalue weighted by Crippen LogP contribution is -2.29. The van der Waals surface area contributed by atoms with Gasteiger partial charge < -0.3 is 4.74 Å². The van der Waals surface area contributed by atoms with Gasteiger partial charge in [-0.1, -0.05) is 17.7 Å². The Hall–Kier alpha value is -2.33. The molecule has 0 aliphatic rings. The van der Waals surface area contributed by atoms with E-state index in [4.69, 9.17) is 10.6 Å². The van der Waals surface area contributed by atoms with E-state index in [0.29, 0.717) is 11.3 Å². The fourth-order valence-corrected chi connectivity index (χ4v) is 1.50. The number of benzene rings is 2. The molecule has 0 aliphatic carbocycles. The number of carbonyl (C=O) groups is 1. The van der Waals surface area contributed by atoms with E-state index < -0.39 is 0 Å². The lowest BCUT2D eigenvalue weighted by atomic mass is 10.2. The van der Waals surface area contributed by atoms with Crippen molar-refractivity contribution >= 4 is 5.91 Å². The van der Waals surface area contributed by atoms with Gasteiger partial charge in [-0.2, -0.15) is 0 Å². The molecule has 0 saturated carbocycles. The van der Waals surface area contributed by atoms with Crippen molar-refractivity contribution in [2.24, 2.45) is 5.84 Å². The summed E-state index contributed by atoms with van der Waals surface area (Å²) in [5.74, 6) is 6.16. The topological polar surface area (TPSA) is 64.3 Å². The van der Waals surface area contributed by atoms with Gasteiger partial charge in [-0.25, -0.2) is 5.84 Å².